The summed E-state index contributed by atoms with van der Waals surface area (Å²) in [6.07, 6.45) is 5.36. The first-order valence-electron chi connectivity index (χ1n) is 9.08. The van der Waals surface area contributed by atoms with Gasteiger partial charge in [0.15, 0.2) is 0 Å². The van der Waals surface area contributed by atoms with Crippen molar-refractivity contribution in [3.05, 3.63) is 53.3 Å². The zero-order chi connectivity index (χ0) is 18.5. The van der Waals surface area contributed by atoms with Gasteiger partial charge in [-0.3, -0.25) is 14.3 Å². The first kappa shape index (κ1) is 18.2. The summed E-state index contributed by atoms with van der Waals surface area (Å²) in [5.74, 6) is -0.904. The van der Waals surface area contributed by atoms with Gasteiger partial charge in [0.05, 0.1) is 6.20 Å². The molecule has 1 aliphatic carbocycles. The van der Waals surface area contributed by atoms with Crippen molar-refractivity contribution in [2.45, 2.75) is 44.6 Å². The van der Waals surface area contributed by atoms with Crippen LogP contribution in [0.25, 0.3) is 0 Å². The van der Waals surface area contributed by atoms with Crippen LogP contribution in [0, 0.1) is 5.92 Å². The number of nitrogens with zero attached hydrogens (tertiary/aromatic N) is 2. The molecule has 0 fully saturated rings. The lowest BCUT2D eigenvalue weighted by Crippen LogP contribution is -2.42. The number of aliphatic carboxylic acids is 1. The van der Waals surface area contributed by atoms with E-state index in [4.69, 9.17) is 5.11 Å². The molecule has 0 saturated heterocycles. The van der Waals surface area contributed by atoms with E-state index in [1.165, 1.54) is 5.56 Å². The van der Waals surface area contributed by atoms with Gasteiger partial charge in [0.1, 0.15) is 0 Å². The second kappa shape index (κ2) is 8.17. The van der Waals surface area contributed by atoms with Gasteiger partial charge in [-0.1, -0.05) is 30.3 Å². The molecule has 6 nitrogen and oxygen atoms in total. The van der Waals surface area contributed by atoms with E-state index < -0.39 is 5.97 Å². The average molecular weight is 355 g/mol. The number of rotatable bonds is 7. The average Bonchev–Trinajstić information content (AvgIpc) is 3.01. The molecule has 0 spiro atoms. The summed E-state index contributed by atoms with van der Waals surface area (Å²) in [7, 11) is 1.91. The molecule has 2 unspecified atom stereocenters. The van der Waals surface area contributed by atoms with E-state index in [1.807, 2.05) is 48.3 Å². The number of carbonyl (C=O) groups is 2. The minimum atomic E-state index is -0.838. The summed E-state index contributed by atoms with van der Waals surface area (Å²) in [6, 6.07) is 9.69. The van der Waals surface area contributed by atoms with Crippen molar-refractivity contribution >= 4 is 11.9 Å². The molecule has 1 amide bonds. The van der Waals surface area contributed by atoms with Crippen LogP contribution in [-0.2, 0) is 35.9 Å². The Hall–Kier alpha value is -2.63. The summed E-state index contributed by atoms with van der Waals surface area (Å²) in [4.78, 5) is 23.8. The second-order valence-electron chi connectivity index (χ2n) is 7.01. The lowest BCUT2D eigenvalue weighted by Gasteiger charge is -2.25. The van der Waals surface area contributed by atoms with Crippen LogP contribution < -0.4 is 5.32 Å². The molecule has 1 aliphatic rings. The third-order valence-electron chi connectivity index (χ3n) is 5.10. The van der Waals surface area contributed by atoms with Crippen molar-refractivity contribution in [3.63, 3.8) is 0 Å². The maximum absolute atomic E-state index is 12.8. The Morgan fingerprint density at radius 1 is 1.35 bits per heavy atom. The number of aromatic nitrogens is 2. The Balaban J connectivity index is 1.64. The molecule has 0 saturated carbocycles. The highest BCUT2D eigenvalue weighted by Crippen LogP contribution is 2.25. The number of benzene rings is 1. The Labute approximate surface area is 153 Å². The van der Waals surface area contributed by atoms with Crippen LogP contribution >= 0.6 is 0 Å². The summed E-state index contributed by atoms with van der Waals surface area (Å²) < 4.78 is 1.85. The number of carbonyl (C=O) groups excluding carboxylic acids is 1. The fraction of sp³-hybridized carbons (Fsp3) is 0.450. The number of fused-ring (bicyclic) bond motifs is 1. The number of hydrogen-bond acceptors (Lipinski definition) is 3. The molecule has 2 aromatic rings. The van der Waals surface area contributed by atoms with Crippen LogP contribution in [0.15, 0.2) is 36.5 Å². The maximum Gasteiger partial charge on any atom is 0.303 e. The minimum absolute atomic E-state index is 0.0168. The van der Waals surface area contributed by atoms with Crippen LogP contribution in [0.1, 0.15) is 36.1 Å². The zero-order valence-electron chi connectivity index (χ0n) is 15.0. The fourth-order valence-electron chi connectivity index (χ4n) is 3.61. The molecule has 2 atom stereocenters. The van der Waals surface area contributed by atoms with Crippen LogP contribution in [0.2, 0.25) is 0 Å². The molecule has 3 rings (SSSR count). The SMILES string of the molecule is Cn1ncc2c1CC(C(=O)NC(CCC(=O)O)Cc1ccccc1)CC2. The van der Waals surface area contributed by atoms with Crippen molar-refractivity contribution < 1.29 is 14.7 Å². The van der Waals surface area contributed by atoms with Gasteiger partial charge >= 0.3 is 5.97 Å². The number of nitrogens with one attached hydrogen (secondary N) is 1. The van der Waals surface area contributed by atoms with E-state index in [1.54, 1.807) is 0 Å². The Morgan fingerprint density at radius 2 is 2.12 bits per heavy atom. The molecule has 1 heterocycles. The van der Waals surface area contributed by atoms with E-state index in [2.05, 4.69) is 10.4 Å². The van der Waals surface area contributed by atoms with Crippen LogP contribution in [0.4, 0.5) is 0 Å². The molecule has 1 aromatic carbocycles. The Bertz CT molecular complexity index is 770. The topological polar surface area (TPSA) is 84.2 Å². The first-order valence-corrected chi connectivity index (χ1v) is 9.08. The largest absolute Gasteiger partial charge is 0.481 e. The number of aryl methyl sites for hydroxylation is 2. The van der Waals surface area contributed by atoms with Gasteiger partial charge in [0, 0.05) is 37.5 Å². The highest BCUT2D eigenvalue weighted by molar-refractivity contribution is 5.79. The quantitative estimate of drug-likeness (QED) is 0.797. The molecule has 0 radical (unpaired) electrons. The third-order valence-corrected chi connectivity index (χ3v) is 5.10. The van der Waals surface area contributed by atoms with E-state index in [-0.39, 0.29) is 24.3 Å². The normalized spacial score (nSPS) is 17.3. The molecule has 2 N–H and O–H groups in total. The van der Waals surface area contributed by atoms with E-state index in [0.717, 1.165) is 24.1 Å². The van der Waals surface area contributed by atoms with Gasteiger partial charge in [-0.15, -0.1) is 0 Å². The fourth-order valence-corrected chi connectivity index (χ4v) is 3.61. The minimum Gasteiger partial charge on any atom is -0.481 e. The zero-order valence-corrected chi connectivity index (χ0v) is 15.0. The van der Waals surface area contributed by atoms with Crippen LogP contribution in [0.3, 0.4) is 0 Å². The van der Waals surface area contributed by atoms with Crippen molar-refractivity contribution in [3.8, 4) is 0 Å². The Morgan fingerprint density at radius 3 is 2.85 bits per heavy atom. The van der Waals surface area contributed by atoms with Crippen molar-refractivity contribution in [2.24, 2.45) is 13.0 Å². The van der Waals surface area contributed by atoms with Crippen molar-refractivity contribution in [2.75, 3.05) is 0 Å². The molecule has 0 bridgehead atoms. The van der Waals surface area contributed by atoms with Gasteiger partial charge in [0.2, 0.25) is 5.91 Å². The van der Waals surface area contributed by atoms with E-state index in [0.29, 0.717) is 19.3 Å². The van der Waals surface area contributed by atoms with Gasteiger partial charge in [-0.2, -0.15) is 5.10 Å². The first-order chi connectivity index (χ1) is 12.5. The van der Waals surface area contributed by atoms with E-state index in [9.17, 15) is 9.59 Å². The number of carboxylic acid groups (broad SMARTS) is 1. The highest BCUT2D eigenvalue weighted by atomic mass is 16.4. The monoisotopic (exact) mass is 355 g/mol. The van der Waals surface area contributed by atoms with Crippen LogP contribution in [-0.4, -0.2) is 32.8 Å². The van der Waals surface area contributed by atoms with Gasteiger partial charge in [0.25, 0.3) is 0 Å². The molecule has 1 aromatic heterocycles. The third kappa shape index (κ3) is 4.50. The summed E-state index contributed by atoms with van der Waals surface area (Å²) in [5, 5.41) is 16.4. The highest BCUT2D eigenvalue weighted by Gasteiger charge is 2.28. The summed E-state index contributed by atoms with van der Waals surface area (Å²) in [5.41, 5.74) is 3.45. The van der Waals surface area contributed by atoms with E-state index >= 15 is 0 Å². The smallest absolute Gasteiger partial charge is 0.303 e. The van der Waals surface area contributed by atoms with Gasteiger partial charge in [-0.25, -0.2) is 0 Å². The van der Waals surface area contributed by atoms with Crippen LogP contribution in [0.5, 0.6) is 0 Å². The number of amides is 1. The van der Waals surface area contributed by atoms with Crippen molar-refractivity contribution in [1.82, 2.24) is 15.1 Å². The van der Waals surface area contributed by atoms with Crippen molar-refractivity contribution in [1.29, 1.82) is 0 Å². The number of carboxylic acids is 1. The molecule has 26 heavy (non-hydrogen) atoms. The molecule has 0 aliphatic heterocycles. The predicted molar refractivity (Wildman–Crippen MR) is 97.7 cm³/mol. The van der Waals surface area contributed by atoms with Gasteiger partial charge in [-0.05, 0) is 36.8 Å². The number of hydrogen-bond donors (Lipinski definition) is 2. The molecular weight excluding hydrogens is 330 g/mol. The lowest BCUT2D eigenvalue weighted by molar-refractivity contribution is -0.137. The summed E-state index contributed by atoms with van der Waals surface area (Å²) in [6.45, 7) is 0. The van der Waals surface area contributed by atoms with Gasteiger partial charge < -0.3 is 10.4 Å². The molecule has 6 heteroatoms. The molecular formula is C20H25N3O3. The Kier molecular flexibility index (Phi) is 5.71. The lowest BCUT2D eigenvalue weighted by atomic mass is 9.87. The predicted octanol–water partition coefficient (Wildman–Crippen LogP) is 2.12. The maximum atomic E-state index is 12.8. The standard InChI is InChI=1S/C20H25N3O3/c1-23-18-12-15(7-8-16(18)13-21-23)20(26)22-17(9-10-19(24)25)11-14-5-3-2-4-6-14/h2-6,13,15,17H,7-12H2,1H3,(H,22,26)(H,24,25). The summed E-state index contributed by atoms with van der Waals surface area (Å²) >= 11 is 0. The second-order valence-corrected chi connectivity index (χ2v) is 7.01. The molecule has 138 valence electrons.